The van der Waals surface area contributed by atoms with Gasteiger partial charge < -0.3 is 20.5 Å². The van der Waals surface area contributed by atoms with Gasteiger partial charge >= 0.3 is 0 Å². The van der Waals surface area contributed by atoms with Gasteiger partial charge in [-0.15, -0.1) is 11.3 Å². The van der Waals surface area contributed by atoms with Gasteiger partial charge in [0.05, 0.1) is 22.6 Å². The van der Waals surface area contributed by atoms with Crippen molar-refractivity contribution in [3.63, 3.8) is 0 Å². The van der Waals surface area contributed by atoms with Crippen LogP contribution >= 0.6 is 11.3 Å². The normalized spacial score (nSPS) is 16.9. The molecule has 0 radical (unpaired) electrons. The van der Waals surface area contributed by atoms with Gasteiger partial charge in [-0.3, -0.25) is 9.69 Å². The van der Waals surface area contributed by atoms with E-state index in [9.17, 15) is 9.18 Å². The Kier molecular flexibility index (Phi) is 6.83. The van der Waals surface area contributed by atoms with E-state index < -0.39 is 5.91 Å². The number of primary amides is 1. The third-order valence-electron chi connectivity index (χ3n) is 5.51. The number of hydrogen-bond donors (Lipinski definition) is 2. The number of nitrogens with two attached hydrogens (primary N) is 1. The molecule has 170 valence electrons. The molecule has 32 heavy (non-hydrogen) atoms. The third kappa shape index (κ3) is 4.82. The highest BCUT2D eigenvalue weighted by molar-refractivity contribution is 7.20. The molecule has 4 rings (SSSR count). The number of carbonyl (C=O) groups excluding carboxylic acids is 1. The second-order valence-corrected chi connectivity index (χ2v) is 8.76. The molecule has 1 aliphatic heterocycles. The second-order valence-electron chi connectivity index (χ2n) is 7.76. The average Bonchev–Trinajstić information content (AvgIpc) is 3.12. The molecule has 1 saturated heterocycles. The maximum Gasteiger partial charge on any atom is 0.259 e. The van der Waals surface area contributed by atoms with E-state index in [0.717, 1.165) is 32.5 Å². The summed E-state index contributed by atoms with van der Waals surface area (Å²) in [5.41, 5.74) is 6.80. The van der Waals surface area contributed by atoms with Crippen molar-refractivity contribution >= 4 is 39.0 Å². The fourth-order valence-corrected chi connectivity index (χ4v) is 4.94. The molecule has 0 spiro atoms. The lowest BCUT2D eigenvalue weighted by Gasteiger charge is -2.33. The first-order valence-electron chi connectivity index (χ1n) is 10.4. The zero-order valence-electron chi connectivity index (χ0n) is 18.1. The molecule has 3 N–H and O–H groups in total. The number of amides is 1. The Morgan fingerprint density at radius 3 is 3.03 bits per heavy atom. The molecule has 2 aromatic heterocycles. The highest BCUT2D eigenvalue weighted by Gasteiger charge is 2.23. The summed E-state index contributed by atoms with van der Waals surface area (Å²) in [6, 6.07) is 4.37. The maximum absolute atomic E-state index is 14.1. The van der Waals surface area contributed by atoms with Gasteiger partial charge in [-0.25, -0.2) is 14.4 Å². The molecule has 0 aliphatic carbocycles. The fourth-order valence-electron chi connectivity index (χ4n) is 3.94. The summed E-state index contributed by atoms with van der Waals surface area (Å²) in [5, 5.41) is 3.96. The van der Waals surface area contributed by atoms with E-state index in [4.69, 9.17) is 15.2 Å². The number of methoxy groups -OCH3 is 1. The van der Waals surface area contributed by atoms with Crippen LogP contribution in [0.4, 0.5) is 15.9 Å². The number of likely N-dealkylation sites (tertiary alicyclic amines) is 1. The number of hydrogen-bond acceptors (Lipinski definition) is 8. The lowest BCUT2D eigenvalue weighted by molar-refractivity contribution is 0.0685. The third-order valence-corrected chi connectivity index (χ3v) is 6.73. The fraction of sp³-hybridized carbons (Fsp3) is 0.409. The number of nitrogens with zero attached hydrogens (tertiary/aromatic N) is 3. The van der Waals surface area contributed by atoms with Crippen LogP contribution in [0.1, 0.15) is 28.1 Å². The van der Waals surface area contributed by atoms with Gasteiger partial charge in [0.1, 0.15) is 34.6 Å². The smallest absolute Gasteiger partial charge is 0.259 e. The number of benzene rings is 1. The number of ether oxygens (including phenoxy) is 2. The van der Waals surface area contributed by atoms with Crippen LogP contribution in [0.3, 0.4) is 0 Å². The van der Waals surface area contributed by atoms with Gasteiger partial charge in [0.2, 0.25) is 0 Å². The molecule has 3 heterocycles. The van der Waals surface area contributed by atoms with E-state index in [1.807, 2.05) is 6.92 Å². The van der Waals surface area contributed by atoms with Crippen LogP contribution in [0.15, 0.2) is 24.5 Å². The minimum atomic E-state index is -0.502. The van der Waals surface area contributed by atoms with Crippen molar-refractivity contribution in [1.82, 2.24) is 14.9 Å². The summed E-state index contributed by atoms with van der Waals surface area (Å²) >= 11 is 1.23. The van der Waals surface area contributed by atoms with Crippen molar-refractivity contribution < 1.29 is 18.7 Å². The number of aromatic nitrogens is 2. The van der Waals surface area contributed by atoms with E-state index in [1.165, 1.54) is 29.8 Å². The largest absolute Gasteiger partial charge is 0.487 e. The van der Waals surface area contributed by atoms with Crippen molar-refractivity contribution in [2.45, 2.75) is 25.9 Å². The summed E-state index contributed by atoms with van der Waals surface area (Å²) in [7, 11) is 1.69. The number of nitrogens with one attached hydrogen (secondary N) is 1. The lowest BCUT2D eigenvalue weighted by Crippen LogP contribution is -2.42. The molecule has 1 aliphatic rings. The van der Waals surface area contributed by atoms with Gasteiger partial charge in [-0.05, 0) is 44.0 Å². The van der Waals surface area contributed by atoms with Crippen LogP contribution in [0, 0.1) is 12.7 Å². The van der Waals surface area contributed by atoms with Gasteiger partial charge in [-0.1, -0.05) is 0 Å². The standard InChI is InChI=1S/C22H26FN5O3S/c1-13-18-21(25-12-26-22(18)32-19(13)20(24)29)27-16-6-5-14(23)10-17(16)31-15-4-3-7-28(11-15)8-9-30-2/h5-6,10,12,15H,3-4,7-9,11H2,1-2H3,(H2,24,29)(H,25,26,27)/t15-/m1/s1. The predicted molar refractivity (Wildman–Crippen MR) is 122 cm³/mol. The van der Waals surface area contributed by atoms with Crippen LogP contribution in [0.25, 0.3) is 10.2 Å². The minimum absolute atomic E-state index is 0.0577. The van der Waals surface area contributed by atoms with Gasteiger partial charge in [0.15, 0.2) is 0 Å². The van der Waals surface area contributed by atoms with Gasteiger partial charge in [0, 0.05) is 26.3 Å². The molecule has 1 aromatic carbocycles. The zero-order valence-corrected chi connectivity index (χ0v) is 18.9. The van der Waals surface area contributed by atoms with Gasteiger partial charge in [-0.2, -0.15) is 0 Å². The highest BCUT2D eigenvalue weighted by atomic mass is 32.1. The lowest BCUT2D eigenvalue weighted by atomic mass is 10.1. The Labute approximate surface area is 189 Å². The zero-order chi connectivity index (χ0) is 22.7. The van der Waals surface area contributed by atoms with Crippen LogP contribution < -0.4 is 15.8 Å². The molecule has 10 heteroatoms. The number of piperidine rings is 1. The SMILES string of the molecule is COCCN1CCC[C@@H](Oc2cc(F)ccc2Nc2ncnc3sc(C(N)=O)c(C)c23)C1. The number of aryl methyl sites for hydroxylation is 1. The Morgan fingerprint density at radius 2 is 2.25 bits per heavy atom. The van der Waals surface area contributed by atoms with Crippen LogP contribution in [0.5, 0.6) is 5.75 Å². The van der Waals surface area contributed by atoms with E-state index in [2.05, 4.69) is 20.2 Å². The van der Waals surface area contributed by atoms with Crippen molar-refractivity contribution in [2.24, 2.45) is 5.73 Å². The molecule has 1 amide bonds. The first-order chi connectivity index (χ1) is 15.5. The summed E-state index contributed by atoms with van der Waals surface area (Å²) in [6.07, 6.45) is 3.26. The van der Waals surface area contributed by atoms with E-state index >= 15 is 0 Å². The van der Waals surface area contributed by atoms with Crippen molar-refractivity contribution in [3.8, 4) is 5.75 Å². The molecule has 3 aromatic rings. The molecule has 1 atom stereocenters. The maximum atomic E-state index is 14.1. The molecule has 0 unspecified atom stereocenters. The second kappa shape index (κ2) is 9.76. The van der Waals surface area contributed by atoms with Crippen LogP contribution in [-0.4, -0.2) is 60.2 Å². The topological polar surface area (TPSA) is 103 Å². The Morgan fingerprint density at radius 1 is 1.41 bits per heavy atom. The summed E-state index contributed by atoms with van der Waals surface area (Å²) < 4.78 is 25.5. The Bertz CT molecular complexity index is 1120. The first kappa shape index (κ1) is 22.4. The molecule has 0 saturated carbocycles. The van der Waals surface area contributed by atoms with E-state index in [-0.39, 0.29) is 11.9 Å². The number of halogens is 1. The minimum Gasteiger partial charge on any atom is -0.487 e. The number of rotatable bonds is 8. The van der Waals surface area contributed by atoms with Gasteiger partial charge in [0.25, 0.3) is 5.91 Å². The number of anilines is 2. The molecule has 1 fully saturated rings. The predicted octanol–water partition coefficient (Wildman–Crippen LogP) is 3.47. The number of fused-ring (bicyclic) bond motifs is 1. The molecule has 0 bridgehead atoms. The summed E-state index contributed by atoms with van der Waals surface area (Å²) in [4.78, 5) is 23.8. The Hall–Kier alpha value is -2.82. The average molecular weight is 460 g/mol. The molecule has 8 nitrogen and oxygen atoms in total. The van der Waals surface area contributed by atoms with Crippen molar-refractivity contribution in [3.05, 3.63) is 40.8 Å². The Balaban J connectivity index is 1.60. The summed E-state index contributed by atoms with van der Waals surface area (Å²) in [5.74, 6) is 0.0437. The van der Waals surface area contributed by atoms with Crippen LogP contribution in [0.2, 0.25) is 0 Å². The summed E-state index contributed by atoms with van der Waals surface area (Å²) in [6.45, 7) is 5.06. The van der Waals surface area contributed by atoms with E-state index in [0.29, 0.717) is 44.5 Å². The monoisotopic (exact) mass is 459 g/mol. The number of thiophene rings is 1. The van der Waals surface area contributed by atoms with Crippen molar-refractivity contribution in [1.29, 1.82) is 0 Å². The highest BCUT2D eigenvalue weighted by Crippen LogP contribution is 2.36. The molecular formula is C22H26FN5O3S. The molecular weight excluding hydrogens is 433 g/mol. The quantitative estimate of drug-likeness (QED) is 0.532. The number of carbonyl (C=O) groups is 1. The first-order valence-corrected chi connectivity index (χ1v) is 11.3. The van der Waals surface area contributed by atoms with E-state index in [1.54, 1.807) is 13.2 Å². The van der Waals surface area contributed by atoms with Crippen molar-refractivity contribution in [2.75, 3.05) is 38.7 Å². The van der Waals surface area contributed by atoms with Crippen LogP contribution in [-0.2, 0) is 4.74 Å².